The molecule has 0 aromatic heterocycles. The van der Waals surface area contributed by atoms with Gasteiger partial charge >= 0.3 is 0 Å². The Morgan fingerprint density at radius 1 is 1.15 bits per heavy atom. The molecule has 20 heavy (non-hydrogen) atoms. The Kier molecular flexibility index (Phi) is 5.55. The standard InChI is InChI=1S/C12H19NO5S2/c1-18-12-4-3-10(8-13)7-11(12)9-20(16,17)6-5-19(2,14)15/h3-4,7H,5-6,8-9,13H2,1-2H3. The molecule has 6 nitrogen and oxygen atoms in total. The SMILES string of the molecule is COc1ccc(CN)cc1CS(=O)(=O)CCS(C)(=O)=O. The Morgan fingerprint density at radius 3 is 2.30 bits per heavy atom. The van der Waals surface area contributed by atoms with Gasteiger partial charge in [-0.1, -0.05) is 6.07 Å². The van der Waals surface area contributed by atoms with Crippen molar-refractivity contribution >= 4 is 19.7 Å². The Labute approximate surface area is 119 Å². The molecular weight excluding hydrogens is 302 g/mol. The summed E-state index contributed by atoms with van der Waals surface area (Å²) in [5.41, 5.74) is 6.80. The Hall–Kier alpha value is -1.12. The van der Waals surface area contributed by atoms with Gasteiger partial charge in [-0.15, -0.1) is 0 Å². The molecule has 0 radical (unpaired) electrons. The zero-order valence-electron chi connectivity index (χ0n) is 11.5. The summed E-state index contributed by atoms with van der Waals surface area (Å²) in [6.07, 6.45) is 1.01. The zero-order valence-corrected chi connectivity index (χ0v) is 13.1. The molecule has 0 spiro atoms. The van der Waals surface area contributed by atoms with Gasteiger partial charge in [0, 0.05) is 18.4 Å². The molecular formula is C12H19NO5S2. The predicted octanol–water partition coefficient (Wildman–Crippen LogP) is 0.113. The second kappa shape index (κ2) is 6.55. The van der Waals surface area contributed by atoms with Gasteiger partial charge in [0.05, 0.1) is 24.4 Å². The topological polar surface area (TPSA) is 104 Å². The monoisotopic (exact) mass is 321 g/mol. The molecule has 0 unspecified atom stereocenters. The van der Waals surface area contributed by atoms with E-state index in [0.717, 1.165) is 11.8 Å². The van der Waals surface area contributed by atoms with Crippen LogP contribution in [0.4, 0.5) is 0 Å². The summed E-state index contributed by atoms with van der Waals surface area (Å²) >= 11 is 0. The first-order chi connectivity index (χ1) is 9.17. The highest BCUT2D eigenvalue weighted by molar-refractivity contribution is 7.94. The highest BCUT2D eigenvalue weighted by atomic mass is 32.2. The second-order valence-corrected chi connectivity index (χ2v) is 9.02. The van der Waals surface area contributed by atoms with E-state index >= 15 is 0 Å². The van der Waals surface area contributed by atoms with E-state index in [4.69, 9.17) is 10.5 Å². The fraction of sp³-hybridized carbons (Fsp3) is 0.500. The molecule has 114 valence electrons. The molecule has 0 aliphatic rings. The third-order valence-corrected chi connectivity index (χ3v) is 5.50. The summed E-state index contributed by atoms with van der Waals surface area (Å²) in [5, 5.41) is 0. The second-order valence-electron chi connectivity index (χ2n) is 4.57. The van der Waals surface area contributed by atoms with Crippen molar-refractivity contribution in [2.75, 3.05) is 24.9 Å². The molecule has 0 fully saturated rings. The first kappa shape index (κ1) is 16.9. The number of benzene rings is 1. The first-order valence-electron chi connectivity index (χ1n) is 5.91. The third-order valence-electron chi connectivity index (χ3n) is 2.72. The number of ether oxygens (including phenoxy) is 1. The van der Waals surface area contributed by atoms with Gasteiger partial charge in [-0.2, -0.15) is 0 Å². The van der Waals surface area contributed by atoms with Gasteiger partial charge in [-0.05, 0) is 17.7 Å². The summed E-state index contributed by atoms with van der Waals surface area (Å²) in [4.78, 5) is 0. The minimum atomic E-state index is -3.53. The van der Waals surface area contributed by atoms with E-state index in [2.05, 4.69) is 0 Å². The minimum Gasteiger partial charge on any atom is -0.496 e. The Balaban J connectivity index is 2.96. The number of nitrogens with two attached hydrogens (primary N) is 1. The highest BCUT2D eigenvalue weighted by Crippen LogP contribution is 2.22. The molecule has 1 aromatic carbocycles. The van der Waals surface area contributed by atoms with Gasteiger partial charge in [0.25, 0.3) is 0 Å². The molecule has 2 N–H and O–H groups in total. The van der Waals surface area contributed by atoms with Crippen LogP contribution in [0.2, 0.25) is 0 Å². The van der Waals surface area contributed by atoms with Crippen molar-refractivity contribution in [2.45, 2.75) is 12.3 Å². The maximum absolute atomic E-state index is 12.0. The lowest BCUT2D eigenvalue weighted by Crippen LogP contribution is -2.18. The van der Waals surface area contributed by atoms with Gasteiger partial charge in [0.1, 0.15) is 15.6 Å². The Bertz CT molecular complexity index is 665. The maximum atomic E-state index is 12.0. The van der Waals surface area contributed by atoms with Crippen molar-refractivity contribution in [2.24, 2.45) is 5.73 Å². The van der Waals surface area contributed by atoms with Gasteiger partial charge in [-0.25, -0.2) is 16.8 Å². The van der Waals surface area contributed by atoms with Crippen molar-refractivity contribution in [1.29, 1.82) is 0 Å². The van der Waals surface area contributed by atoms with Gasteiger partial charge < -0.3 is 10.5 Å². The van der Waals surface area contributed by atoms with E-state index in [9.17, 15) is 16.8 Å². The molecule has 0 aliphatic heterocycles. The van der Waals surface area contributed by atoms with Crippen LogP contribution >= 0.6 is 0 Å². The van der Waals surface area contributed by atoms with E-state index in [1.54, 1.807) is 18.2 Å². The quantitative estimate of drug-likeness (QED) is 0.764. The summed E-state index contributed by atoms with van der Waals surface area (Å²) < 4.78 is 51.1. The fourth-order valence-corrected chi connectivity index (χ4v) is 4.73. The zero-order chi connectivity index (χ0) is 15.4. The molecule has 0 saturated heterocycles. The number of sulfone groups is 2. The van der Waals surface area contributed by atoms with Crippen molar-refractivity contribution in [1.82, 2.24) is 0 Å². The third kappa shape index (κ3) is 5.48. The van der Waals surface area contributed by atoms with E-state index in [0.29, 0.717) is 17.9 Å². The summed E-state index contributed by atoms with van der Waals surface area (Å²) in [6.45, 7) is 0.292. The van der Waals surface area contributed by atoms with E-state index in [-0.39, 0.29) is 11.5 Å². The average molecular weight is 321 g/mol. The molecule has 1 aromatic rings. The normalized spacial score (nSPS) is 12.3. The fourth-order valence-electron chi connectivity index (χ4n) is 1.66. The van der Waals surface area contributed by atoms with E-state index in [1.165, 1.54) is 7.11 Å². The van der Waals surface area contributed by atoms with Crippen LogP contribution in [-0.2, 0) is 32.0 Å². The molecule has 0 saturated carbocycles. The average Bonchev–Trinajstić information content (AvgIpc) is 2.35. The van der Waals surface area contributed by atoms with Gasteiger partial charge in [0.15, 0.2) is 9.84 Å². The Morgan fingerprint density at radius 2 is 1.80 bits per heavy atom. The summed E-state index contributed by atoms with van der Waals surface area (Å²) in [7, 11) is -5.39. The molecule has 0 bridgehead atoms. The lowest BCUT2D eigenvalue weighted by atomic mass is 10.1. The largest absolute Gasteiger partial charge is 0.496 e. The van der Waals surface area contributed by atoms with Crippen molar-refractivity contribution in [3.63, 3.8) is 0 Å². The van der Waals surface area contributed by atoms with Crippen molar-refractivity contribution in [3.05, 3.63) is 29.3 Å². The first-order valence-corrected chi connectivity index (χ1v) is 9.79. The van der Waals surface area contributed by atoms with Crippen molar-refractivity contribution < 1.29 is 21.6 Å². The molecule has 0 heterocycles. The summed E-state index contributed by atoms with van der Waals surface area (Å²) in [5.74, 6) is -0.597. The minimum absolute atomic E-state index is 0.264. The molecule has 1 rings (SSSR count). The van der Waals surface area contributed by atoms with Crippen molar-refractivity contribution in [3.8, 4) is 5.75 Å². The number of methoxy groups -OCH3 is 1. The van der Waals surface area contributed by atoms with Crippen LogP contribution in [0, 0.1) is 0 Å². The van der Waals surface area contributed by atoms with Crippen LogP contribution in [0.5, 0.6) is 5.75 Å². The number of hydrogen-bond donors (Lipinski definition) is 1. The van der Waals surface area contributed by atoms with Crippen LogP contribution < -0.4 is 10.5 Å². The molecule has 0 atom stereocenters. The molecule has 0 aliphatic carbocycles. The van der Waals surface area contributed by atoms with Crippen LogP contribution in [0.3, 0.4) is 0 Å². The predicted molar refractivity (Wildman–Crippen MR) is 78.1 cm³/mol. The van der Waals surface area contributed by atoms with E-state index < -0.39 is 25.4 Å². The van der Waals surface area contributed by atoms with Crippen LogP contribution in [0.25, 0.3) is 0 Å². The number of hydrogen-bond acceptors (Lipinski definition) is 6. The smallest absolute Gasteiger partial charge is 0.155 e. The molecule has 8 heteroatoms. The van der Waals surface area contributed by atoms with Crippen LogP contribution in [0.1, 0.15) is 11.1 Å². The highest BCUT2D eigenvalue weighted by Gasteiger charge is 2.18. The van der Waals surface area contributed by atoms with Gasteiger partial charge in [0.2, 0.25) is 0 Å². The lowest BCUT2D eigenvalue weighted by molar-refractivity contribution is 0.411. The van der Waals surface area contributed by atoms with Crippen LogP contribution in [-0.4, -0.2) is 41.7 Å². The maximum Gasteiger partial charge on any atom is 0.155 e. The lowest BCUT2D eigenvalue weighted by Gasteiger charge is -2.10. The number of rotatable bonds is 7. The summed E-state index contributed by atoms with van der Waals surface area (Å²) in [6, 6.07) is 5.08. The molecule has 0 amide bonds. The van der Waals surface area contributed by atoms with E-state index in [1.807, 2.05) is 0 Å². The van der Waals surface area contributed by atoms with Gasteiger partial charge in [-0.3, -0.25) is 0 Å². The van der Waals surface area contributed by atoms with Crippen LogP contribution in [0.15, 0.2) is 18.2 Å².